The molecule has 2 aromatic carbocycles. The van der Waals surface area contributed by atoms with E-state index in [0.717, 1.165) is 0 Å². The van der Waals surface area contributed by atoms with Crippen LogP contribution in [0.25, 0.3) is 0 Å². The highest BCUT2D eigenvalue weighted by atomic mass is 19.3. The fourth-order valence-electron chi connectivity index (χ4n) is 2.45. The number of ether oxygens (including phenoxy) is 3. The average molecular weight is 364 g/mol. The highest BCUT2D eigenvalue weighted by Crippen LogP contribution is 2.42. The molecule has 1 atom stereocenters. The van der Waals surface area contributed by atoms with Crippen molar-refractivity contribution in [2.45, 2.75) is 26.2 Å². The molecule has 3 rings (SSSR count). The first kappa shape index (κ1) is 17.8. The molecular weight excluding hydrogens is 346 g/mol. The van der Waals surface area contributed by atoms with E-state index >= 15 is 0 Å². The van der Waals surface area contributed by atoms with Crippen LogP contribution in [0.1, 0.15) is 13.8 Å². The van der Waals surface area contributed by atoms with Gasteiger partial charge in [-0.15, -0.1) is 8.78 Å². The Labute approximate surface area is 149 Å². The largest absolute Gasteiger partial charge is 0.586 e. The summed E-state index contributed by atoms with van der Waals surface area (Å²) in [6.45, 7) is 3.98. The number of para-hydroxylation sites is 2. The van der Waals surface area contributed by atoms with Crippen molar-refractivity contribution in [1.29, 1.82) is 0 Å². The Morgan fingerprint density at radius 1 is 1.19 bits per heavy atom. The SMILES string of the molecule is CCOc1ccccc1NC(=O)C(C)Nc1ccc2c(c1)OC(F)(F)O2. The minimum atomic E-state index is -3.67. The Balaban J connectivity index is 1.66. The van der Waals surface area contributed by atoms with Crippen molar-refractivity contribution in [2.24, 2.45) is 0 Å². The Morgan fingerprint density at radius 3 is 2.69 bits per heavy atom. The number of nitrogens with one attached hydrogen (secondary N) is 2. The van der Waals surface area contributed by atoms with E-state index in [1.54, 1.807) is 25.1 Å². The summed E-state index contributed by atoms with van der Waals surface area (Å²) in [7, 11) is 0. The highest BCUT2D eigenvalue weighted by Gasteiger charge is 2.43. The van der Waals surface area contributed by atoms with Gasteiger partial charge in [-0.1, -0.05) is 12.1 Å². The molecule has 1 heterocycles. The Morgan fingerprint density at radius 2 is 1.92 bits per heavy atom. The molecule has 0 spiro atoms. The molecule has 1 amide bonds. The molecule has 1 aliphatic rings. The fraction of sp³-hybridized carbons (Fsp3) is 0.278. The van der Waals surface area contributed by atoms with Crippen LogP contribution in [-0.4, -0.2) is 24.9 Å². The van der Waals surface area contributed by atoms with E-state index in [-0.39, 0.29) is 17.4 Å². The fourth-order valence-corrected chi connectivity index (χ4v) is 2.45. The number of fused-ring (bicyclic) bond motifs is 1. The molecule has 0 aromatic heterocycles. The topological polar surface area (TPSA) is 68.8 Å². The third-order valence-corrected chi connectivity index (χ3v) is 3.62. The quantitative estimate of drug-likeness (QED) is 0.815. The van der Waals surface area contributed by atoms with Crippen molar-refractivity contribution in [3.63, 3.8) is 0 Å². The number of anilines is 2. The van der Waals surface area contributed by atoms with Crippen LogP contribution in [0.15, 0.2) is 42.5 Å². The van der Waals surface area contributed by atoms with E-state index in [4.69, 9.17) is 4.74 Å². The first-order valence-electron chi connectivity index (χ1n) is 8.07. The van der Waals surface area contributed by atoms with Gasteiger partial charge >= 0.3 is 6.29 Å². The summed E-state index contributed by atoms with van der Waals surface area (Å²) < 4.78 is 40.3. The predicted octanol–water partition coefficient (Wildman–Crippen LogP) is 3.85. The molecule has 0 radical (unpaired) electrons. The zero-order valence-electron chi connectivity index (χ0n) is 14.2. The van der Waals surface area contributed by atoms with Crippen molar-refractivity contribution in [1.82, 2.24) is 0 Å². The molecule has 1 aliphatic heterocycles. The molecular formula is C18H18F2N2O4. The normalized spacial score (nSPS) is 15.2. The first-order chi connectivity index (χ1) is 12.4. The third kappa shape index (κ3) is 3.96. The summed E-state index contributed by atoms with van der Waals surface area (Å²) in [5.74, 6) is 0.124. The molecule has 8 heteroatoms. The van der Waals surface area contributed by atoms with Crippen LogP contribution in [0.2, 0.25) is 0 Å². The third-order valence-electron chi connectivity index (χ3n) is 3.62. The van der Waals surface area contributed by atoms with E-state index in [9.17, 15) is 13.6 Å². The molecule has 0 saturated heterocycles. The van der Waals surface area contributed by atoms with Gasteiger partial charge in [-0.25, -0.2) is 0 Å². The lowest BCUT2D eigenvalue weighted by molar-refractivity contribution is -0.286. The van der Waals surface area contributed by atoms with Crippen LogP contribution < -0.4 is 24.8 Å². The highest BCUT2D eigenvalue weighted by molar-refractivity contribution is 5.97. The number of halogens is 2. The number of amides is 1. The zero-order valence-corrected chi connectivity index (χ0v) is 14.2. The van der Waals surface area contributed by atoms with Crippen molar-refractivity contribution < 1.29 is 27.8 Å². The second-order valence-electron chi connectivity index (χ2n) is 5.61. The molecule has 0 fully saturated rings. The molecule has 1 unspecified atom stereocenters. The Bertz CT molecular complexity index is 814. The summed E-state index contributed by atoms with van der Waals surface area (Å²) in [5.41, 5.74) is 1.00. The van der Waals surface area contributed by atoms with Crippen molar-refractivity contribution in [3.05, 3.63) is 42.5 Å². The molecule has 0 saturated carbocycles. The van der Waals surface area contributed by atoms with Gasteiger partial charge < -0.3 is 24.8 Å². The average Bonchev–Trinajstić information content (AvgIpc) is 2.90. The van der Waals surface area contributed by atoms with Crippen LogP contribution in [-0.2, 0) is 4.79 Å². The number of alkyl halides is 2. The first-order valence-corrected chi connectivity index (χ1v) is 8.07. The lowest BCUT2D eigenvalue weighted by atomic mass is 10.2. The maximum absolute atomic E-state index is 13.1. The van der Waals surface area contributed by atoms with Gasteiger partial charge in [0.05, 0.1) is 12.3 Å². The summed E-state index contributed by atoms with van der Waals surface area (Å²) in [4.78, 5) is 12.4. The van der Waals surface area contributed by atoms with Gasteiger partial charge in [-0.05, 0) is 38.1 Å². The van der Waals surface area contributed by atoms with Crippen LogP contribution in [0, 0.1) is 0 Å². The molecule has 2 N–H and O–H groups in total. The maximum Gasteiger partial charge on any atom is 0.586 e. The van der Waals surface area contributed by atoms with Gasteiger partial charge in [0, 0.05) is 11.8 Å². The standard InChI is InChI=1S/C18H18F2N2O4/c1-3-24-14-7-5-4-6-13(14)22-17(23)11(2)21-12-8-9-15-16(10-12)26-18(19,20)25-15/h4-11,21H,3H2,1-2H3,(H,22,23). The van der Waals surface area contributed by atoms with E-state index < -0.39 is 12.3 Å². The van der Waals surface area contributed by atoms with Crippen LogP contribution >= 0.6 is 0 Å². The predicted molar refractivity (Wildman–Crippen MR) is 92.0 cm³/mol. The molecule has 2 aromatic rings. The van der Waals surface area contributed by atoms with Crippen molar-refractivity contribution >= 4 is 17.3 Å². The minimum Gasteiger partial charge on any atom is -0.492 e. The van der Waals surface area contributed by atoms with Gasteiger partial charge in [0.15, 0.2) is 11.5 Å². The monoisotopic (exact) mass is 364 g/mol. The second kappa shape index (κ2) is 7.07. The van der Waals surface area contributed by atoms with Gasteiger partial charge in [-0.2, -0.15) is 0 Å². The Hall–Kier alpha value is -3.03. The minimum absolute atomic E-state index is 0.0525. The lowest BCUT2D eigenvalue weighted by Gasteiger charge is -2.17. The van der Waals surface area contributed by atoms with Gasteiger partial charge in [0.1, 0.15) is 11.8 Å². The van der Waals surface area contributed by atoms with Crippen molar-refractivity contribution in [3.8, 4) is 17.2 Å². The van der Waals surface area contributed by atoms with E-state index in [0.29, 0.717) is 23.7 Å². The smallest absolute Gasteiger partial charge is 0.492 e. The van der Waals surface area contributed by atoms with E-state index in [1.165, 1.54) is 18.2 Å². The van der Waals surface area contributed by atoms with Gasteiger partial charge in [0.25, 0.3) is 0 Å². The molecule has 26 heavy (non-hydrogen) atoms. The summed E-state index contributed by atoms with van der Waals surface area (Å²) >= 11 is 0. The van der Waals surface area contributed by atoms with Crippen molar-refractivity contribution in [2.75, 3.05) is 17.2 Å². The Kier molecular flexibility index (Phi) is 4.83. The molecule has 138 valence electrons. The van der Waals surface area contributed by atoms with Gasteiger partial charge in [0.2, 0.25) is 5.91 Å². The molecule has 0 bridgehead atoms. The van der Waals surface area contributed by atoms with Gasteiger partial charge in [-0.3, -0.25) is 4.79 Å². The summed E-state index contributed by atoms with van der Waals surface area (Å²) in [5, 5.41) is 5.72. The zero-order chi connectivity index (χ0) is 18.7. The number of rotatable bonds is 6. The number of hydrogen-bond acceptors (Lipinski definition) is 5. The summed E-state index contributed by atoms with van der Waals surface area (Å²) in [6.07, 6.45) is -3.67. The van der Waals surface area contributed by atoms with Crippen LogP contribution in [0.5, 0.6) is 17.2 Å². The summed E-state index contributed by atoms with van der Waals surface area (Å²) in [6, 6.07) is 10.7. The molecule has 6 nitrogen and oxygen atoms in total. The number of carbonyl (C=O) groups excluding carboxylic acids is 1. The maximum atomic E-state index is 13.1. The number of hydrogen-bond donors (Lipinski definition) is 2. The van der Waals surface area contributed by atoms with E-state index in [2.05, 4.69) is 20.1 Å². The molecule has 0 aliphatic carbocycles. The van der Waals surface area contributed by atoms with E-state index in [1.807, 2.05) is 13.0 Å². The van der Waals surface area contributed by atoms with Crippen LogP contribution in [0.4, 0.5) is 20.2 Å². The van der Waals surface area contributed by atoms with Crippen LogP contribution in [0.3, 0.4) is 0 Å². The number of benzene rings is 2. The number of carbonyl (C=O) groups is 1. The lowest BCUT2D eigenvalue weighted by Crippen LogP contribution is -2.32. The second-order valence-corrected chi connectivity index (χ2v) is 5.61.